The van der Waals surface area contributed by atoms with E-state index in [4.69, 9.17) is 22.7 Å². The Morgan fingerprint density at radius 1 is 1.42 bits per heavy atom. The lowest BCUT2D eigenvalue weighted by Gasteiger charge is -2.23. The van der Waals surface area contributed by atoms with Gasteiger partial charge in [-0.3, -0.25) is 4.79 Å². The zero-order chi connectivity index (χ0) is 15.1. The maximum absolute atomic E-state index is 12.1. The van der Waals surface area contributed by atoms with Gasteiger partial charge in [-0.05, 0) is 6.92 Å². The SMILES string of the molecule is CCOC(=O)CCS(=O)(=O)N(CC)CC(C)C(N)=S. The Hall–Kier alpha value is -0.730. The van der Waals surface area contributed by atoms with Crippen LogP contribution >= 0.6 is 12.2 Å². The maximum Gasteiger partial charge on any atom is 0.306 e. The summed E-state index contributed by atoms with van der Waals surface area (Å²) in [7, 11) is -3.50. The van der Waals surface area contributed by atoms with Gasteiger partial charge in [0.2, 0.25) is 10.0 Å². The highest BCUT2D eigenvalue weighted by molar-refractivity contribution is 7.89. The first-order valence-electron chi connectivity index (χ1n) is 6.17. The van der Waals surface area contributed by atoms with Crippen molar-refractivity contribution in [3.8, 4) is 0 Å². The van der Waals surface area contributed by atoms with E-state index in [0.717, 1.165) is 0 Å². The van der Waals surface area contributed by atoms with Crippen molar-refractivity contribution in [2.24, 2.45) is 11.7 Å². The number of thiocarbonyl (C=S) groups is 1. The van der Waals surface area contributed by atoms with E-state index in [1.165, 1.54) is 4.31 Å². The first kappa shape index (κ1) is 18.3. The molecule has 0 spiro atoms. The fraction of sp³-hybridized carbons (Fsp3) is 0.818. The third-order valence-corrected chi connectivity index (χ3v) is 4.90. The van der Waals surface area contributed by atoms with E-state index in [1.54, 1.807) is 20.8 Å². The number of ether oxygens (including phenoxy) is 1. The van der Waals surface area contributed by atoms with E-state index in [9.17, 15) is 13.2 Å². The molecule has 0 aliphatic rings. The van der Waals surface area contributed by atoms with Crippen molar-refractivity contribution < 1.29 is 17.9 Å². The van der Waals surface area contributed by atoms with Gasteiger partial charge < -0.3 is 10.5 Å². The van der Waals surface area contributed by atoms with Gasteiger partial charge in [-0.2, -0.15) is 0 Å². The predicted molar refractivity (Wildman–Crippen MR) is 78.2 cm³/mol. The quantitative estimate of drug-likeness (QED) is 0.493. The van der Waals surface area contributed by atoms with Crippen LogP contribution in [0.25, 0.3) is 0 Å². The predicted octanol–water partition coefficient (Wildman–Crippen LogP) is 0.514. The van der Waals surface area contributed by atoms with Crippen molar-refractivity contribution >= 4 is 33.2 Å². The monoisotopic (exact) mass is 310 g/mol. The van der Waals surface area contributed by atoms with Gasteiger partial charge in [0.1, 0.15) is 0 Å². The molecule has 0 aromatic heterocycles. The van der Waals surface area contributed by atoms with E-state index in [0.29, 0.717) is 6.54 Å². The number of nitrogens with two attached hydrogens (primary N) is 1. The normalized spacial score (nSPS) is 13.3. The Bertz CT molecular complexity index is 409. The molecular weight excluding hydrogens is 288 g/mol. The number of carbonyl (C=O) groups is 1. The minimum Gasteiger partial charge on any atom is -0.466 e. The summed E-state index contributed by atoms with van der Waals surface area (Å²) >= 11 is 4.83. The third-order valence-electron chi connectivity index (χ3n) is 2.58. The van der Waals surface area contributed by atoms with Crippen LogP contribution in [-0.2, 0) is 19.6 Å². The lowest BCUT2D eigenvalue weighted by Crippen LogP contribution is -2.39. The van der Waals surface area contributed by atoms with Gasteiger partial charge in [0, 0.05) is 19.0 Å². The van der Waals surface area contributed by atoms with Crippen molar-refractivity contribution in [3.63, 3.8) is 0 Å². The number of hydrogen-bond acceptors (Lipinski definition) is 5. The highest BCUT2D eigenvalue weighted by Crippen LogP contribution is 2.08. The van der Waals surface area contributed by atoms with E-state index >= 15 is 0 Å². The average Bonchev–Trinajstić information content (AvgIpc) is 2.33. The molecule has 2 N–H and O–H groups in total. The first-order valence-corrected chi connectivity index (χ1v) is 8.19. The number of hydrogen-bond donors (Lipinski definition) is 1. The molecule has 0 radical (unpaired) electrons. The standard InChI is InChI=1S/C11H22N2O4S2/c1-4-13(8-9(3)11(12)18)19(15,16)7-6-10(14)17-5-2/h9H,4-8H2,1-3H3,(H2,12,18). The van der Waals surface area contributed by atoms with Crippen LogP contribution in [0.15, 0.2) is 0 Å². The highest BCUT2D eigenvalue weighted by atomic mass is 32.2. The fourth-order valence-corrected chi connectivity index (χ4v) is 3.01. The second-order valence-corrected chi connectivity index (χ2v) is 6.68. The molecule has 0 aliphatic heterocycles. The van der Waals surface area contributed by atoms with E-state index in [-0.39, 0.29) is 36.2 Å². The van der Waals surface area contributed by atoms with Gasteiger partial charge >= 0.3 is 5.97 Å². The van der Waals surface area contributed by atoms with Crippen molar-refractivity contribution in [3.05, 3.63) is 0 Å². The van der Waals surface area contributed by atoms with Crippen LogP contribution in [0.2, 0.25) is 0 Å². The second kappa shape index (κ2) is 8.44. The molecule has 0 saturated heterocycles. The molecular formula is C11H22N2O4S2. The van der Waals surface area contributed by atoms with Gasteiger partial charge in [0.25, 0.3) is 0 Å². The molecule has 0 aromatic carbocycles. The molecule has 1 unspecified atom stereocenters. The Morgan fingerprint density at radius 3 is 2.42 bits per heavy atom. The molecule has 0 aromatic rings. The van der Waals surface area contributed by atoms with Crippen molar-refractivity contribution in [2.45, 2.75) is 27.2 Å². The second-order valence-electron chi connectivity index (χ2n) is 4.13. The van der Waals surface area contributed by atoms with E-state index in [2.05, 4.69) is 0 Å². The summed E-state index contributed by atoms with van der Waals surface area (Å²) < 4.78 is 30.1. The Balaban J connectivity index is 4.57. The minimum absolute atomic E-state index is 0.145. The molecule has 6 nitrogen and oxygen atoms in total. The summed E-state index contributed by atoms with van der Waals surface area (Å²) in [5, 5.41) is 0. The zero-order valence-corrected chi connectivity index (χ0v) is 13.2. The first-order chi connectivity index (χ1) is 8.74. The largest absolute Gasteiger partial charge is 0.466 e. The summed E-state index contributed by atoms with van der Waals surface area (Å²) in [5.74, 6) is -0.971. The van der Waals surface area contributed by atoms with E-state index < -0.39 is 16.0 Å². The van der Waals surface area contributed by atoms with Gasteiger partial charge in [0.15, 0.2) is 0 Å². The van der Waals surface area contributed by atoms with Crippen LogP contribution in [0.3, 0.4) is 0 Å². The van der Waals surface area contributed by atoms with Crippen molar-refractivity contribution in [1.82, 2.24) is 4.31 Å². The third kappa shape index (κ3) is 6.84. The highest BCUT2D eigenvalue weighted by Gasteiger charge is 2.24. The molecule has 0 rings (SSSR count). The molecule has 19 heavy (non-hydrogen) atoms. The van der Waals surface area contributed by atoms with Crippen LogP contribution in [-0.4, -0.2) is 49.1 Å². The summed E-state index contributed by atoms with van der Waals surface area (Å²) in [6.07, 6.45) is -0.145. The van der Waals surface area contributed by atoms with Gasteiger partial charge in [-0.25, -0.2) is 12.7 Å². The molecule has 8 heteroatoms. The molecule has 112 valence electrons. The minimum atomic E-state index is -3.50. The smallest absolute Gasteiger partial charge is 0.306 e. The lowest BCUT2D eigenvalue weighted by molar-refractivity contribution is -0.142. The Kier molecular flexibility index (Phi) is 8.12. The fourth-order valence-electron chi connectivity index (χ4n) is 1.41. The number of nitrogens with zero attached hydrogens (tertiary/aromatic N) is 1. The number of carbonyl (C=O) groups excluding carboxylic acids is 1. The van der Waals surface area contributed by atoms with Crippen molar-refractivity contribution in [1.29, 1.82) is 0 Å². The van der Waals surface area contributed by atoms with Crippen LogP contribution < -0.4 is 5.73 Å². The molecule has 1 atom stereocenters. The zero-order valence-electron chi connectivity index (χ0n) is 11.6. The van der Waals surface area contributed by atoms with Crippen molar-refractivity contribution in [2.75, 3.05) is 25.4 Å². The van der Waals surface area contributed by atoms with Crippen LogP contribution in [0, 0.1) is 5.92 Å². The van der Waals surface area contributed by atoms with Crippen LogP contribution in [0.4, 0.5) is 0 Å². The summed E-state index contributed by atoms with van der Waals surface area (Å²) in [4.78, 5) is 11.5. The van der Waals surface area contributed by atoms with Gasteiger partial charge in [0.05, 0.1) is 23.8 Å². The Morgan fingerprint density at radius 2 is 2.00 bits per heavy atom. The van der Waals surface area contributed by atoms with E-state index in [1.807, 2.05) is 0 Å². The van der Waals surface area contributed by atoms with Crippen LogP contribution in [0.1, 0.15) is 27.2 Å². The summed E-state index contributed by atoms with van der Waals surface area (Å²) in [6, 6.07) is 0. The summed E-state index contributed by atoms with van der Waals surface area (Å²) in [5.41, 5.74) is 5.48. The van der Waals surface area contributed by atoms with Gasteiger partial charge in [-0.1, -0.05) is 26.1 Å². The van der Waals surface area contributed by atoms with Gasteiger partial charge in [-0.15, -0.1) is 0 Å². The molecule has 0 heterocycles. The molecule has 0 saturated carbocycles. The molecule has 0 bridgehead atoms. The molecule has 0 aliphatic carbocycles. The molecule has 0 fully saturated rings. The van der Waals surface area contributed by atoms with Crippen LogP contribution in [0.5, 0.6) is 0 Å². The summed E-state index contributed by atoms with van der Waals surface area (Å²) in [6.45, 7) is 5.97. The average molecular weight is 310 g/mol. The maximum atomic E-state index is 12.1. The topological polar surface area (TPSA) is 89.7 Å². The number of esters is 1. The Labute approximate surface area is 120 Å². The molecule has 0 amide bonds. The number of sulfonamides is 1. The lowest BCUT2D eigenvalue weighted by atomic mass is 10.2. The number of rotatable bonds is 9.